The van der Waals surface area contributed by atoms with E-state index in [-0.39, 0.29) is 24.5 Å². The first kappa shape index (κ1) is 14.9. The van der Waals surface area contributed by atoms with Gasteiger partial charge in [-0.1, -0.05) is 29.8 Å². The minimum atomic E-state index is 0.0749. The van der Waals surface area contributed by atoms with E-state index in [1.165, 1.54) is 19.3 Å². The van der Waals surface area contributed by atoms with E-state index in [2.05, 4.69) is 5.32 Å². The van der Waals surface area contributed by atoms with Gasteiger partial charge in [0.25, 0.3) is 0 Å². The van der Waals surface area contributed by atoms with Crippen molar-refractivity contribution in [3.8, 4) is 0 Å². The average molecular weight is 308 g/mol. The van der Waals surface area contributed by atoms with Gasteiger partial charge in [0, 0.05) is 30.0 Å². The Balaban J connectivity index is 1.54. The van der Waals surface area contributed by atoms with E-state index in [4.69, 9.17) is 11.6 Å². The Hall–Kier alpha value is -1.06. The fourth-order valence-corrected chi connectivity index (χ4v) is 4.34. The molecule has 2 N–H and O–H groups in total. The fourth-order valence-electron chi connectivity index (χ4n) is 4.11. The molecule has 114 valence electrons. The maximum Gasteiger partial charge on any atom is 0.220 e. The topological polar surface area (TPSA) is 49.3 Å². The van der Waals surface area contributed by atoms with Crippen LogP contribution in [0.25, 0.3) is 0 Å². The van der Waals surface area contributed by atoms with Crippen LogP contribution in [-0.2, 0) is 11.2 Å². The number of carbonyl (C=O) groups excluding carboxylic acids is 1. The summed E-state index contributed by atoms with van der Waals surface area (Å²) in [5, 5.41) is 13.4. The van der Waals surface area contributed by atoms with Gasteiger partial charge in [-0.3, -0.25) is 4.79 Å². The Labute approximate surface area is 130 Å². The molecular weight excluding hydrogens is 286 g/mol. The van der Waals surface area contributed by atoms with Gasteiger partial charge in [0.1, 0.15) is 0 Å². The lowest BCUT2D eigenvalue weighted by atomic mass is 9.85. The van der Waals surface area contributed by atoms with Gasteiger partial charge in [-0.15, -0.1) is 0 Å². The fraction of sp³-hybridized carbons (Fsp3) is 0.588. The molecule has 1 aromatic carbocycles. The Morgan fingerprint density at radius 3 is 2.81 bits per heavy atom. The highest BCUT2D eigenvalue weighted by molar-refractivity contribution is 6.31. The molecule has 0 saturated heterocycles. The Morgan fingerprint density at radius 1 is 1.29 bits per heavy atom. The molecule has 3 rings (SSSR count). The molecule has 0 aromatic heterocycles. The molecule has 4 atom stereocenters. The van der Waals surface area contributed by atoms with Crippen molar-refractivity contribution in [2.24, 2.45) is 17.8 Å². The number of amides is 1. The second-order valence-corrected chi connectivity index (χ2v) is 6.77. The SMILES string of the molecule is O=C(CCc1ccccc1Cl)NC1C2CCC(C2)C1CO. The van der Waals surface area contributed by atoms with Crippen LogP contribution in [0.3, 0.4) is 0 Å². The zero-order chi connectivity index (χ0) is 14.8. The van der Waals surface area contributed by atoms with E-state index in [1.54, 1.807) is 0 Å². The number of hydrogen-bond acceptors (Lipinski definition) is 2. The second kappa shape index (κ2) is 6.37. The lowest BCUT2D eigenvalue weighted by Gasteiger charge is -2.30. The number of fused-ring (bicyclic) bond motifs is 2. The molecule has 2 bridgehead atoms. The zero-order valence-corrected chi connectivity index (χ0v) is 12.9. The highest BCUT2D eigenvalue weighted by atomic mass is 35.5. The minimum absolute atomic E-state index is 0.0749. The molecule has 1 aromatic rings. The summed E-state index contributed by atoms with van der Waals surface area (Å²) in [6, 6.07) is 7.83. The number of carbonyl (C=O) groups is 1. The van der Waals surface area contributed by atoms with Crippen LogP contribution in [0.5, 0.6) is 0 Å². The van der Waals surface area contributed by atoms with Crippen LogP contribution < -0.4 is 5.32 Å². The van der Waals surface area contributed by atoms with Crippen molar-refractivity contribution < 1.29 is 9.90 Å². The highest BCUT2D eigenvalue weighted by Gasteiger charge is 2.47. The van der Waals surface area contributed by atoms with E-state index < -0.39 is 0 Å². The molecule has 0 radical (unpaired) electrons. The molecule has 0 spiro atoms. The van der Waals surface area contributed by atoms with Gasteiger partial charge in [0.15, 0.2) is 0 Å². The summed E-state index contributed by atoms with van der Waals surface area (Å²) in [5.41, 5.74) is 1.01. The van der Waals surface area contributed by atoms with E-state index >= 15 is 0 Å². The molecule has 4 heteroatoms. The Morgan fingerprint density at radius 2 is 2.05 bits per heavy atom. The number of hydrogen-bond donors (Lipinski definition) is 2. The quantitative estimate of drug-likeness (QED) is 0.879. The van der Waals surface area contributed by atoms with Crippen LogP contribution in [0, 0.1) is 17.8 Å². The van der Waals surface area contributed by atoms with Crippen molar-refractivity contribution in [2.75, 3.05) is 6.61 Å². The molecule has 2 aliphatic rings. The van der Waals surface area contributed by atoms with Gasteiger partial charge in [-0.25, -0.2) is 0 Å². The predicted octanol–water partition coefficient (Wildman–Crippen LogP) is 2.80. The van der Waals surface area contributed by atoms with E-state index in [0.717, 1.165) is 10.6 Å². The molecule has 1 amide bonds. The van der Waals surface area contributed by atoms with Gasteiger partial charge in [0.05, 0.1) is 0 Å². The number of rotatable bonds is 5. The molecule has 0 heterocycles. The predicted molar refractivity (Wildman–Crippen MR) is 83.1 cm³/mol. The lowest BCUT2D eigenvalue weighted by molar-refractivity contribution is -0.122. The van der Waals surface area contributed by atoms with Gasteiger partial charge in [-0.2, -0.15) is 0 Å². The van der Waals surface area contributed by atoms with E-state index in [9.17, 15) is 9.90 Å². The second-order valence-electron chi connectivity index (χ2n) is 6.36. The van der Waals surface area contributed by atoms with Crippen molar-refractivity contribution in [3.05, 3.63) is 34.9 Å². The third-order valence-electron chi connectivity index (χ3n) is 5.21. The Bertz CT molecular complexity index is 519. The normalized spacial score (nSPS) is 30.6. The summed E-state index contributed by atoms with van der Waals surface area (Å²) in [4.78, 5) is 12.2. The van der Waals surface area contributed by atoms with Crippen LogP contribution in [0.15, 0.2) is 24.3 Å². The summed E-state index contributed by atoms with van der Waals surface area (Å²) in [5.74, 6) is 1.50. The number of aliphatic hydroxyl groups is 1. The third-order valence-corrected chi connectivity index (χ3v) is 5.57. The van der Waals surface area contributed by atoms with Crippen molar-refractivity contribution in [1.82, 2.24) is 5.32 Å². The maximum atomic E-state index is 12.2. The largest absolute Gasteiger partial charge is 0.396 e. The molecule has 21 heavy (non-hydrogen) atoms. The van der Waals surface area contributed by atoms with Gasteiger partial charge in [-0.05, 0) is 49.1 Å². The maximum absolute atomic E-state index is 12.2. The number of nitrogens with one attached hydrogen (secondary N) is 1. The lowest BCUT2D eigenvalue weighted by Crippen LogP contribution is -2.45. The summed E-state index contributed by atoms with van der Waals surface area (Å²) >= 11 is 6.11. The van der Waals surface area contributed by atoms with Crippen molar-refractivity contribution in [1.29, 1.82) is 0 Å². The minimum Gasteiger partial charge on any atom is -0.396 e. The summed E-state index contributed by atoms with van der Waals surface area (Å²) in [6.45, 7) is 0.191. The molecular formula is C17H22ClNO2. The van der Waals surface area contributed by atoms with Crippen LogP contribution in [0.1, 0.15) is 31.2 Å². The van der Waals surface area contributed by atoms with Crippen LogP contribution in [-0.4, -0.2) is 23.7 Å². The molecule has 2 aliphatic carbocycles. The average Bonchev–Trinajstić information content (AvgIpc) is 3.07. The van der Waals surface area contributed by atoms with Crippen LogP contribution >= 0.6 is 11.6 Å². The molecule has 4 unspecified atom stereocenters. The Kier molecular flexibility index (Phi) is 4.51. The first-order valence-electron chi connectivity index (χ1n) is 7.82. The zero-order valence-electron chi connectivity index (χ0n) is 12.1. The van der Waals surface area contributed by atoms with E-state index in [0.29, 0.717) is 24.7 Å². The van der Waals surface area contributed by atoms with Crippen molar-refractivity contribution in [3.63, 3.8) is 0 Å². The van der Waals surface area contributed by atoms with Gasteiger partial charge in [0.2, 0.25) is 5.91 Å². The summed E-state index contributed by atoms with van der Waals surface area (Å²) < 4.78 is 0. The first-order valence-corrected chi connectivity index (χ1v) is 8.20. The molecule has 2 fully saturated rings. The van der Waals surface area contributed by atoms with Crippen LogP contribution in [0.2, 0.25) is 5.02 Å². The van der Waals surface area contributed by atoms with Crippen molar-refractivity contribution in [2.45, 2.75) is 38.1 Å². The van der Waals surface area contributed by atoms with Crippen LogP contribution in [0.4, 0.5) is 0 Å². The first-order chi connectivity index (χ1) is 10.2. The van der Waals surface area contributed by atoms with E-state index in [1.807, 2.05) is 24.3 Å². The summed E-state index contributed by atoms with van der Waals surface area (Å²) in [6.07, 6.45) is 4.69. The third kappa shape index (κ3) is 3.09. The highest BCUT2D eigenvalue weighted by Crippen LogP contribution is 2.48. The smallest absolute Gasteiger partial charge is 0.220 e. The summed E-state index contributed by atoms with van der Waals surface area (Å²) in [7, 11) is 0. The number of halogens is 1. The molecule has 0 aliphatic heterocycles. The number of benzene rings is 1. The number of aryl methyl sites for hydroxylation is 1. The number of aliphatic hydroxyl groups excluding tert-OH is 1. The standard InChI is InChI=1S/C17H22ClNO2/c18-15-4-2-1-3-11(15)7-8-16(21)19-17-13-6-5-12(9-13)14(17)10-20/h1-4,12-14,17,20H,5-10H2,(H,19,21). The van der Waals surface area contributed by atoms with Gasteiger partial charge < -0.3 is 10.4 Å². The van der Waals surface area contributed by atoms with Gasteiger partial charge >= 0.3 is 0 Å². The molecule has 3 nitrogen and oxygen atoms in total. The monoisotopic (exact) mass is 307 g/mol. The van der Waals surface area contributed by atoms with Crippen molar-refractivity contribution >= 4 is 17.5 Å². The molecule has 2 saturated carbocycles.